The standard InChI is InChI=1S/C17H29N3O3S/c1-14(2)9-18-16(19-10-15-3-8-24(21,22)11-15)20-6-4-17(12-20)5-7-23-13-17/h15H,1,3-13H2,2H3,(H,18,19). The molecular weight excluding hydrogens is 326 g/mol. The molecule has 0 aliphatic carbocycles. The van der Waals surface area contributed by atoms with Gasteiger partial charge in [-0.15, -0.1) is 0 Å². The summed E-state index contributed by atoms with van der Waals surface area (Å²) >= 11 is 0. The number of aliphatic imine (C=N–C) groups is 1. The van der Waals surface area contributed by atoms with Crippen LogP contribution >= 0.6 is 0 Å². The number of sulfone groups is 1. The van der Waals surface area contributed by atoms with Gasteiger partial charge in [-0.3, -0.25) is 0 Å². The van der Waals surface area contributed by atoms with Crippen LogP contribution in [0, 0.1) is 11.3 Å². The second kappa shape index (κ2) is 7.04. The van der Waals surface area contributed by atoms with Crippen molar-refractivity contribution in [1.82, 2.24) is 10.2 Å². The quantitative estimate of drug-likeness (QED) is 0.464. The summed E-state index contributed by atoms with van der Waals surface area (Å²) in [5.74, 6) is 1.70. The molecule has 3 heterocycles. The van der Waals surface area contributed by atoms with Gasteiger partial charge >= 0.3 is 0 Å². The summed E-state index contributed by atoms with van der Waals surface area (Å²) in [6, 6.07) is 0. The summed E-state index contributed by atoms with van der Waals surface area (Å²) in [5, 5.41) is 3.43. The molecular formula is C17H29N3O3S. The summed E-state index contributed by atoms with van der Waals surface area (Å²) in [6.07, 6.45) is 3.01. The zero-order valence-corrected chi connectivity index (χ0v) is 15.4. The minimum atomic E-state index is -2.83. The van der Waals surface area contributed by atoms with Crippen molar-refractivity contribution in [2.75, 3.05) is 50.9 Å². The predicted molar refractivity (Wildman–Crippen MR) is 95.9 cm³/mol. The second-order valence-corrected chi connectivity index (χ2v) is 9.95. The van der Waals surface area contributed by atoms with E-state index in [0.29, 0.717) is 24.6 Å². The Balaban J connectivity index is 1.61. The Labute approximate surface area is 145 Å². The van der Waals surface area contributed by atoms with Crippen LogP contribution in [0.3, 0.4) is 0 Å². The third kappa shape index (κ3) is 4.30. The fourth-order valence-corrected chi connectivity index (χ4v) is 5.70. The molecule has 3 saturated heterocycles. The van der Waals surface area contributed by atoms with Gasteiger partial charge in [0.1, 0.15) is 0 Å². The highest BCUT2D eigenvalue weighted by Crippen LogP contribution is 2.38. The van der Waals surface area contributed by atoms with Crippen molar-refractivity contribution in [3.05, 3.63) is 12.2 Å². The molecule has 3 aliphatic heterocycles. The Kier molecular flexibility index (Phi) is 5.20. The van der Waals surface area contributed by atoms with E-state index in [2.05, 4.69) is 16.8 Å². The van der Waals surface area contributed by atoms with E-state index < -0.39 is 9.84 Å². The third-order valence-electron chi connectivity index (χ3n) is 5.30. The van der Waals surface area contributed by atoms with Crippen LogP contribution in [-0.4, -0.2) is 70.2 Å². The molecule has 3 rings (SSSR count). The molecule has 3 aliphatic rings. The van der Waals surface area contributed by atoms with Crippen molar-refractivity contribution in [3.63, 3.8) is 0 Å². The maximum Gasteiger partial charge on any atom is 0.194 e. The number of nitrogens with one attached hydrogen (secondary N) is 1. The van der Waals surface area contributed by atoms with Crippen LogP contribution in [0.2, 0.25) is 0 Å². The van der Waals surface area contributed by atoms with Crippen LogP contribution in [0.25, 0.3) is 0 Å². The van der Waals surface area contributed by atoms with E-state index in [0.717, 1.165) is 57.1 Å². The van der Waals surface area contributed by atoms with Crippen molar-refractivity contribution in [3.8, 4) is 0 Å². The van der Waals surface area contributed by atoms with Crippen LogP contribution in [0.15, 0.2) is 17.1 Å². The number of guanidine groups is 1. The topological polar surface area (TPSA) is 71.0 Å². The molecule has 0 aromatic heterocycles. The smallest absolute Gasteiger partial charge is 0.194 e. The Bertz CT molecular complexity index is 609. The number of nitrogens with zero attached hydrogens (tertiary/aromatic N) is 2. The van der Waals surface area contributed by atoms with Gasteiger partial charge in [-0.05, 0) is 32.1 Å². The molecule has 6 nitrogen and oxygen atoms in total. The van der Waals surface area contributed by atoms with Gasteiger partial charge in [0.15, 0.2) is 15.8 Å². The first-order valence-electron chi connectivity index (χ1n) is 8.83. The zero-order chi connectivity index (χ0) is 17.2. The van der Waals surface area contributed by atoms with E-state index in [1.165, 1.54) is 0 Å². The lowest BCUT2D eigenvalue weighted by atomic mass is 9.87. The van der Waals surface area contributed by atoms with Crippen LogP contribution in [-0.2, 0) is 14.6 Å². The van der Waals surface area contributed by atoms with Gasteiger partial charge < -0.3 is 15.0 Å². The minimum Gasteiger partial charge on any atom is -0.381 e. The second-order valence-electron chi connectivity index (χ2n) is 7.72. The first kappa shape index (κ1) is 17.7. The summed E-state index contributed by atoms with van der Waals surface area (Å²) in [6.45, 7) is 10.8. The van der Waals surface area contributed by atoms with Crippen molar-refractivity contribution < 1.29 is 13.2 Å². The SMILES string of the molecule is C=C(C)CN=C(NCC1CCS(=O)(=O)C1)N1CCC2(CCOC2)C1. The number of rotatable bonds is 4. The molecule has 0 bridgehead atoms. The van der Waals surface area contributed by atoms with E-state index in [9.17, 15) is 8.42 Å². The first-order valence-corrected chi connectivity index (χ1v) is 10.7. The van der Waals surface area contributed by atoms with Gasteiger partial charge in [-0.1, -0.05) is 12.2 Å². The largest absolute Gasteiger partial charge is 0.381 e. The van der Waals surface area contributed by atoms with E-state index in [4.69, 9.17) is 9.73 Å². The van der Waals surface area contributed by atoms with Crippen LogP contribution in [0.4, 0.5) is 0 Å². The van der Waals surface area contributed by atoms with Crippen molar-refractivity contribution >= 4 is 15.8 Å². The number of likely N-dealkylation sites (tertiary alicyclic amines) is 1. The van der Waals surface area contributed by atoms with Crippen LogP contribution in [0.5, 0.6) is 0 Å². The fraction of sp³-hybridized carbons (Fsp3) is 0.824. The van der Waals surface area contributed by atoms with Gasteiger partial charge in [-0.2, -0.15) is 0 Å². The summed E-state index contributed by atoms with van der Waals surface area (Å²) in [7, 11) is -2.83. The minimum absolute atomic E-state index is 0.191. The monoisotopic (exact) mass is 355 g/mol. The lowest BCUT2D eigenvalue weighted by Gasteiger charge is -2.26. The Hall–Kier alpha value is -1.08. The number of hydrogen-bond acceptors (Lipinski definition) is 4. The molecule has 0 aromatic rings. The molecule has 24 heavy (non-hydrogen) atoms. The average molecular weight is 356 g/mol. The van der Waals surface area contributed by atoms with Gasteiger partial charge in [-0.25, -0.2) is 13.4 Å². The molecule has 0 saturated carbocycles. The van der Waals surface area contributed by atoms with Gasteiger partial charge in [0.05, 0.1) is 24.7 Å². The lowest BCUT2D eigenvalue weighted by molar-refractivity contribution is 0.156. The normalized spacial score (nSPS) is 32.6. The van der Waals surface area contributed by atoms with Gasteiger partial charge in [0, 0.05) is 31.7 Å². The number of ether oxygens (including phenoxy) is 1. The molecule has 1 spiro atoms. The summed E-state index contributed by atoms with van der Waals surface area (Å²) < 4.78 is 28.9. The molecule has 0 radical (unpaired) electrons. The molecule has 2 unspecified atom stereocenters. The first-order chi connectivity index (χ1) is 11.4. The Morgan fingerprint density at radius 2 is 2.29 bits per heavy atom. The van der Waals surface area contributed by atoms with Crippen molar-refractivity contribution in [1.29, 1.82) is 0 Å². The van der Waals surface area contributed by atoms with Crippen LogP contribution in [0.1, 0.15) is 26.2 Å². The lowest BCUT2D eigenvalue weighted by Crippen LogP contribution is -2.43. The van der Waals surface area contributed by atoms with E-state index >= 15 is 0 Å². The highest BCUT2D eigenvalue weighted by atomic mass is 32.2. The summed E-state index contributed by atoms with van der Waals surface area (Å²) in [4.78, 5) is 7.01. The molecule has 3 fully saturated rings. The fourth-order valence-electron chi connectivity index (χ4n) is 3.83. The molecule has 136 valence electrons. The van der Waals surface area contributed by atoms with Crippen LogP contribution < -0.4 is 5.32 Å². The maximum atomic E-state index is 11.6. The highest BCUT2D eigenvalue weighted by molar-refractivity contribution is 7.91. The van der Waals surface area contributed by atoms with Crippen molar-refractivity contribution in [2.24, 2.45) is 16.3 Å². The van der Waals surface area contributed by atoms with Gasteiger partial charge in [0.2, 0.25) is 0 Å². The van der Waals surface area contributed by atoms with E-state index in [-0.39, 0.29) is 11.3 Å². The summed E-state index contributed by atoms with van der Waals surface area (Å²) in [5.41, 5.74) is 1.30. The molecule has 1 N–H and O–H groups in total. The van der Waals surface area contributed by atoms with E-state index in [1.807, 2.05) is 6.92 Å². The third-order valence-corrected chi connectivity index (χ3v) is 7.13. The van der Waals surface area contributed by atoms with E-state index in [1.54, 1.807) is 0 Å². The molecule has 0 amide bonds. The highest BCUT2D eigenvalue weighted by Gasteiger charge is 2.42. The average Bonchev–Trinajstić information content (AvgIpc) is 3.22. The Morgan fingerprint density at radius 1 is 1.46 bits per heavy atom. The Morgan fingerprint density at radius 3 is 2.92 bits per heavy atom. The molecule has 0 aromatic carbocycles. The number of hydrogen-bond donors (Lipinski definition) is 1. The zero-order valence-electron chi connectivity index (χ0n) is 14.6. The molecule has 7 heteroatoms. The predicted octanol–water partition coefficient (Wildman–Crippen LogP) is 1.06. The van der Waals surface area contributed by atoms with Crippen molar-refractivity contribution in [2.45, 2.75) is 26.2 Å². The van der Waals surface area contributed by atoms with Gasteiger partial charge in [0.25, 0.3) is 0 Å². The maximum absolute atomic E-state index is 11.6. The molecule has 2 atom stereocenters.